The van der Waals surface area contributed by atoms with E-state index >= 15 is 0 Å². The molecule has 0 atom stereocenters. The van der Waals surface area contributed by atoms with Crippen LogP contribution in [0.25, 0.3) is 0 Å². The van der Waals surface area contributed by atoms with Crippen LogP contribution >= 0.6 is 0 Å². The first-order valence-corrected chi connectivity index (χ1v) is 7.79. The average Bonchev–Trinajstić information content (AvgIpc) is 2.66. The van der Waals surface area contributed by atoms with E-state index in [1.54, 1.807) is 13.0 Å². The molecule has 0 saturated heterocycles. The average molecular weight is 374 g/mol. The molecule has 142 valence electrons. The Balaban J connectivity index is 1.99. The summed E-state index contributed by atoms with van der Waals surface area (Å²) < 4.78 is 15.1. The summed E-state index contributed by atoms with van der Waals surface area (Å²) in [6, 6.07) is 8.55. The molecule has 0 unspecified atom stereocenters. The van der Waals surface area contributed by atoms with Gasteiger partial charge in [0, 0.05) is 23.9 Å². The Morgan fingerprint density at radius 3 is 2.22 bits per heavy atom. The van der Waals surface area contributed by atoms with E-state index < -0.39 is 23.4 Å². The Morgan fingerprint density at radius 1 is 1.07 bits per heavy atom. The number of methoxy groups -OCH3 is 2. The number of carbonyl (C=O) groups is 2. The van der Waals surface area contributed by atoms with Crippen molar-refractivity contribution in [3.8, 4) is 11.5 Å². The number of nitrogens with one attached hydrogen (secondary N) is 1. The van der Waals surface area contributed by atoms with Gasteiger partial charge in [0.25, 0.3) is 11.6 Å². The fourth-order valence-corrected chi connectivity index (χ4v) is 2.23. The molecule has 2 aromatic carbocycles. The summed E-state index contributed by atoms with van der Waals surface area (Å²) >= 11 is 0. The molecule has 0 heterocycles. The number of nitrogens with zero attached hydrogens (tertiary/aromatic N) is 1. The molecule has 0 spiro atoms. The molecule has 1 amide bonds. The molecule has 2 aromatic rings. The highest BCUT2D eigenvalue weighted by atomic mass is 16.6. The minimum absolute atomic E-state index is 0.0797. The zero-order valence-electron chi connectivity index (χ0n) is 15.0. The highest BCUT2D eigenvalue weighted by Crippen LogP contribution is 2.23. The van der Waals surface area contributed by atoms with Crippen molar-refractivity contribution in [1.82, 2.24) is 0 Å². The zero-order chi connectivity index (χ0) is 20.0. The highest BCUT2D eigenvalue weighted by molar-refractivity contribution is 5.96. The molecule has 2 rings (SSSR count). The van der Waals surface area contributed by atoms with E-state index in [0.29, 0.717) is 22.7 Å². The van der Waals surface area contributed by atoms with Gasteiger partial charge in [-0.15, -0.1) is 0 Å². The van der Waals surface area contributed by atoms with Crippen molar-refractivity contribution in [2.24, 2.45) is 0 Å². The molecular weight excluding hydrogens is 356 g/mol. The van der Waals surface area contributed by atoms with Gasteiger partial charge in [0.05, 0.1) is 24.7 Å². The molecule has 27 heavy (non-hydrogen) atoms. The molecule has 0 aliphatic rings. The summed E-state index contributed by atoms with van der Waals surface area (Å²) in [6.45, 7) is 1.10. The summed E-state index contributed by atoms with van der Waals surface area (Å²) in [6.07, 6.45) is 0. The van der Waals surface area contributed by atoms with Gasteiger partial charge in [-0.05, 0) is 30.7 Å². The topological polar surface area (TPSA) is 117 Å². The number of non-ortho nitro benzene ring substituents is 1. The Bertz CT molecular complexity index is 858. The molecule has 0 bridgehead atoms. The lowest BCUT2D eigenvalue weighted by molar-refractivity contribution is -0.384. The first-order chi connectivity index (χ1) is 12.8. The zero-order valence-corrected chi connectivity index (χ0v) is 15.0. The summed E-state index contributed by atoms with van der Waals surface area (Å²) in [5, 5.41) is 13.3. The Labute approximate surface area is 155 Å². The smallest absolute Gasteiger partial charge is 0.338 e. The second-order valence-corrected chi connectivity index (χ2v) is 5.48. The third kappa shape index (κ3) is 5.18. The number of nitro groups is 1. The number of rotatable bonds is 7. The van der Waals surface area contributed by atoms with Crippen LogP contribution in [-0.2, 0) is 9.53 Å². The van der Waals surface area contributed by atoms with Gasteiger partial charge < -0.3 is 19.5 Å². The van der Waals surface area contributed by atoms with Gasteiger partial charge in [0.15, 0.2) is 6.61 Å². The van der Waals surface area contributed by atoms with Gasteiger partial charge in [-0.3, -0.25) is 14.9 Å². The van der Waals surface area contributed by atoms with Gasteiger partial charge in [-0.2, -0.15) is 0 Å². The number of benzene rings is 2. The monoisotopic (exact) mass is 374 g/mol. The van der Waals surface area contributed by atoms with Crippen molar-refractivity contribution >= 4 is 23.3 Å². The fraction of sp³-hybridized carbons (Fsp3) is 0.222. The third-order valence-corrected chi connectivity index (χ3v) is 3.62. The molecule has 9 nitrogen and oxygen atoms in total. The van der Waals surface area contributed by atoms with Gasteiger partial charge in [-0.25, -0.2) is 4.79 Å². The fourth-order valence-electron chi connectivity index (χ4n) is 2.23. The minimum atomic E-state index is -0.720. The Morgan fingerprint density at radius 2 is 1.70 bits per heavy atom. The highest BCUT2D eigenvalue weighted by Gasteiger charge is 2.15. The lowest BCUT2D eigenvalue weighted by Crippen LogP contribution is -2.21. The number of amides is 1. The predicted molar refractivity (Wildman–Crippen MR) is 96.3 cm³/mol. The first kappa shape index (κ1) is 19.7. The van der Waals surface area contributed by atoms with E-state index in [4.69, 9.17) is 14.2 Å². The van der Waals surface area contributed by atoms with Gasteiger partial charge in [-0.1, -0.05) is 0 Å². The van der Waals surface area contributed by atoms with Gasteiger partial charge in [0.2, 0.25) is 0 Å². The second kappa shape index (κ2) is 8.65. The normalized spacial score (nSPS) is 10.0. The van der Waals surface area contributed by atoms with Crippen molar-refractivity contribution in [3.63, 3.8) is 0 Å². The van der Waals surface area contributed by atoms with E-state index in [9.17, 15) is 19.7 Å². The molecule has 0 aliphatic carbocycles. The maximum absolute atomic E-state index is 12.1. The molecule has 0 fully saturated rings. The van der Waals surface area contributed by atoms with E-state index in [0.717, 1.165) is 0 Å². The molecule has 9 heteroatoms. The molecule has 1 N–H and O–H groups in total. The largest absolute Gasteiger partial charge is 0.497 e. The van der Waals surface area contributed by atoms with E-state index in [1.807, 2.05) is 0 Å². The van der Waals surface area contributed by atoms with Crippen molar-refractivity contribution in [2.45, 2.75) is 6.92 Å². The summed E-state index contributed by atoms with van der Waals surface area (Å²) in [5.74, 6) is -0.475. The Kier molecular flexibility index (Phi) is 6.32. The van der Waals surface area contributed by atoms with Crippen LogP contribution in [0.1, 0.15) is 15.9 Å². The maximum Gasteiger partial charge on any atom is 0.338 e. The number of esters is 1. The number of aryl methyl sites for hydroxylation is 1. The van der Waals surface area contributed by atoms with Crippen molar-refractivity contribution in [2.75, 3.05) is 26.1 Å². The van der Waals surface area contributed by atoms with Crippen molar-refractivity contribution < 1.29 is 28.7 Å². The molecular formula is C18H18N2O7. The van der Waals surface area contributed by atoms with Gasteiger partial charge in [0.1, 0.15) is 11.5 Å². The number of carbonyl (C=O) groups excluding carboxylic acids is 2. The van der Waals surface area contributed by atoms with E-state index in [2.05, 4.69) is 5.32 Å². The first-order valence-electron chi connectivity index (χ1n) is 7.79. The van der Waals surface area contributed by atoms with Crippen molar-refractivity contribution in [1.29, 1.82) is 0 Å². The third-order valence-electron chi connectivity index (χ3n) is 3.62. The quantitative estimate of drug-likeness (QED) is 0.450. The van der Waals surface area contributed by atoms with Crippen molar-refractivity contribution in [3.05, 3.63) is 57.6 Å². The number of hydrogen-bond acceptors (Lipinski definition) is 7. The molecule has 0 aliphatic heterocycles. The minimum Gasteiger partial charge on any atom is -0.497 e. The van der Waals surface area contributed by atoms with E-state index in [1.165, 1.54) is 44.6 Å². The lowest BCUT2D eigenvalue weighted by atomic mass is 10.2. The van der Waals surface area contributed by atoms with Crippen LogP contribution in [0.15, 0.2) is 36.4 Å². The van der Waals surface area contributed by atoms with Gasteiger partial charge >= 0.3 is 5.97 Å². The van der Waals surface area contributed by atoms with E-state index in [-0.39, 0.29) is 11.3 Å². The number of anilines is 1. The summed E-state index contributed by atoms with van der Waals surface area (Å²) in [7, 11) is 2.90. The van der Waals surface area contributed by atoms with Crippen LogP contribution in [-0.4, -0.2) is 37.6 Å². The lowest BCUT2D eigenvalue weighted by Gasteiger charge is -2.10. The molecule has 0 aromatic heterocycles. The summed E-state index contributed by atoms with van der Waals surface area (Å²) in [4.78, 5) is 34.3. The van der Waals surface area contributed by atoms with Crippen LogP contribution < -0.4 is 14.8 Å². The SMILES string of the molecule is COc1cc(OC)cc(C(=O)OCC(=O)Nc2ccc([N+](=O)[O-])cc2C)c1. The van der Waals surface area contributed by atoms with Crippen LogP contribution in [0.4, 0.5) is 11.4 Å². The number of ether oxygens (including phenoxy) is 3. The maximum atomic E-state index is 12.1. The summed E-state index contributed by atoms with van der Waals surface area (Å²) in [5.41, 5.74) is 1.00. The second-order valence-electron chi connectivity index (χ2n) is 5.48. The van der Waals surface area contributed by atoms with Crippen LogP contribution in [0.5, 0.6) is 11.5 Å². The molecule has 0 radical (unpaired) electrons. The molecule has 0 saturated carbocycles. The predicted octanol–water partition coefficient (Wildman–Crippen LogP) is 2.72. The standard InChI is InChI=1S/C18H18N2O7/c1-11-6-13(20(23)24)4-5-16(11)19-17(21)10-27-18(22)12-7-14(25-2)9-15(8-12)26-3/h4-9H,10H2,1-3H3,(H,19,21). The number of nitro benzene ring substituents is 1. The van der Waals surface area contributed by atoms with Crippen LogP contribution in [0.2, 0.25) is 0 Å². The van der Waals surface area contributed by atoms with Crippen LogP contribution in [0.3, 0.4) is 0 Å². The van der Waals surface area contributed by atoms with Crippen LogP contribution in [0, 0.1) is 17.0 Å². The Hall–Kier alpha value is -3.62. The number of hydrogen-bond donors (Lipinski definition) is 1.